The lowest BCUT2D eigenvalue weighted by Gasteiger charge is -1.96. The molecule has 2 aromatic rings. The molecule has 0 fully saturated rings. The first-order valence-corrected chi connectivity index (χ1v) is 6.73. The Morgan fingerprint density at radius 1 is 1.53 bits per heavy atom. The van der Waals surface area contributed by atoms with Gasteiger partial charge in [0.15, 0.2) is 11.6 Å². The summed E-state index contributed by atoms with van der Waals surface area (Å²) in [6.45, 7) is 2.03. The van der Waals surface area contributed by atoms with Crippen LogP contribution in [0.1, 0.15) is 12.5 Å². The van der Waals surface area contributed by atoms with Crippen LogP contribution in [0.15, 0.2) is 18.2 Å². The molecule has 80 valence electrons. The third-order valence-corrected chi connectivity index (χ3v) is 4.41. The molecule has 0 radical (unpaired) electrons. The van der Waals surface area contributed by atoms with Crippen molar-refractivity contribution in [3.05, 3.63) is 19.2 Å². The summed E-state index contributed by atoms with van der Waals surface area (Å²) in [6, 6.07) is 1.99. The Bertz CT molecular complexity index is 492. The van der Waals surface area contributed by atoms with E-state index in [2.05, 4.69) is 37.0 Å². The fourth-order valence-corrected chi connectivity index (χ4v) is 4.16. The molecule has 2 N–H and O–H groups in total. The second kappa shape index (κ2) is 4.27. The third-order valence-electron chi connectivity index (χ3n) is 2.07. The topological polar surface area (TPSA) is 52.0 Å². The van der Waals surface area contributed by atoms with E-state index in [0.29, 0.717) is 5.82 Å². The summed E-state index contributed by atoms with van der Waals surface area (Å²) in [5.74, 6) is 1.23. The molecular formula is C9H8Br2N2OS. The zero-order chi connectivity index (χ0) is 11.0. The van der Waals surface area contributed by atoms with Crippen molar-refractivity contribution in [1.82, 2.24) is 5.16 Å². The van der Waals surface area contributed by atoms with Gasteiger partial charge in [-0.1, -0.05) is 12.1 Å². The van der Waals surface area contributed by atoms with Crippen LogP contribution in [0.25, 0.3) is 11.3 Å². The fourth-order valence-electron chi connectivity index (χ4n) is 1.37. The molecule has 0 aliphatic heterocycles. The minimum absolute atomic E-state index is 0.474. The molecule has 0 amide bonds. The molecule has 3 nitrogen and oxygen atoms in total. The quantitative estimate of drug-likeness (QED) is 0.887. The van der Waals surface area contributed by atoms with E-state index in [0.717, 1.165) is 30.9 Å². The van der Waals surface area contributed by atoms with Crippen molar-refractivity contribution < 1.29 is 4.52 Å². The number of anilines is 1. The van der Waals surface area contributed by atoms with Gasteiger partial charge in [0.1, 0.15) is 0 Å². The first-order valence-electron chi connectivity index (χ1n) is 4.32. The molecule has 0 aliphatic carbocycles. The molecule has 0 bridgehead atoms. The predicted octanol–water partition coefficient (Wildman–Crippen LogP) is 4.07. The highest BCUT2D eigenvalue weighted by atomic mass is 79.9. The summed E-state index contributed by atoms with van der Waals surface area (Å²) in [5.41, 5.74) is 7.67. The molecule has 6 heteroatoms. The molecule has 15 heavy (non-hydrogen) atoms. The van der Waals surface area contributed by atoms with Gasteiger partial charge in [-0.15, -0.1) is 11.3 Å². The molecule has 2 aromatic heterocycles. The molecule has 2 rings (SSSR count). The van der Waals surface area contributed by atoms with Gasteiger partial charge in [0, 0.05) is 11.1 Å². The number of nitrogens with zero attached hydrogens (tertiary/aromatic N) is 1. The Morgan fingerprint density at radius 3 is 2.80 bits per heavy atom. The molecule has 0 aromatic carbocycles. The van der Waals surface area contributed by atoms with Crippen molar-refractivity contribution in [2.75, 3.05) is 5.73 Å². The van der Waals surface area contributed by atoms with Crippen LogP contribution in [-0.2, 0) is 6.42 Å². The molecule has 0 saturated heterocycles. The van der Waals surface area contributed by atoms with Crippen LogP contribution in [0.4, 0.5) is 5.82 Å². The van der Waals surface area contributed by atoms with Gasteiger partial charge in [0.25, 0.3) is 0 Å². The fraction of sp³-hybridized carbons (Fsp3) is 0.222. The van der Waals surface area contributed by atoms with E-state index in [1.807, 2.05) is 13.0 Å². The van der Waals surface area contributed by atoms with E-state index in [-0.39, 0.29) is 0 Å². The SMILES string of the molecule is CCc1c(N)noc1-c1cc(Br)sc1Br. The van der Waals surface area contributed by atoms with Crippen LogP contribution in [-0.4, -0.2) is 5.16 Å². The van der Waals surface area contributed by atoms with Gasteiger partial charge in [-0.25, -0.2) is 0 Å². The Hall–Kier alpha value is -0.330. The maximum Gasteiger partial charge on any atom is 0.174 e. The number of hydrogen-bond donors (Lipinski definition) is 1. The van der Waals surface area contributed by atoms with Gasteiger partial charge >= 0.3 is 0 Å². The van der Waals surface area contributed by atoms with Gasteiger partial charge < -0.3 is 10.3 Å². The van der Waals surface area contributed by atoms with E-state index in [1.165, 1.54) is 0 Å². The van der Waals surface area contributed by atoms with E-state index in [4.69, 9.17) is 10.3 Å². The minimum atomic E-state index is 0.474. The van der Waals surface area contributed by atoms with Crippen molar-refractivity contribution in [2.45, 2.75) is 13.3 Å². The summed E-state index contributed by atoms with van der Waals surface area (Å²) < 4.78 is 7.30. The Balaban J connectivity index is 2.58. The number of halogens is 2. The van der Waals surface area contributed by atoms with Crippen LogP contribution >= 0.6 is 43.2 Å². The second-order valence-corrected chi connectivity index (χ2v) is 6.72. The predicted molar refractivity (Wildman–Crippen MR) is 69.0 cm³/mol. The summed E-state index contributed by atoms with van der Waals surface area (Å²) in [6.07, 6.45) is 0.810. The molecule has 0 spiro atoms. The normalized spacial score (nSPS) is 10.9. The van der Waals surface area contributed by atoms with E-state index in [9.17, 15) is 0 Å². The van der Waals surface area contributed by atoms with Crippen LogP contribution in [0.5, 0.6) is 0 Å². The zero-order valence-corrected chi connectivity index (χ0v) is 11.9. The van der Waals surface area contributed by atoms with E-state index in [1.54, 1.807) is 11.3 Å². The number of nitrogen functional groups attached to an aromatic ring is 1. The highest BCUT2D eigenvalue weighted by Gasteiger charge is 2.18. The maximum absolute atomic E-state index is 5.72. The Morgan fingerprint density at radius 2 is 2.27 bits per heavy atom. The smallest absolute Gasteiger partial charge is 0.174 e. The number of nitrogens with two attached hydrogens (primary N) is 1. The lowest BCUT2D eigenvalue weighted by Crippen LogP contribution is -1.90. The number of hydrogen-bond acceptors (Lipinski definition) is 4. The minimum Gasteiger partial charge on any atom is -0.381 e. The van der Waals surface area contributed by atoms with Crippen LogP contribution in [0, 0.1) is 0 Å². The van der Waals surface area contributed by atoms with E-state index >= 15 is 0 Å². The maximum atomic E-state index is 5.72. The zero-order valence-electron chi connectivity index (χ0n) is 7.88. The number of rotatable bonds is 2. The lowest BCUT2D eigenvalue weighted by atomic mass is 10.1. The highest BCUT2D eigenvalue weighted by molar-refractivity contribution is 9.12. The van der Waals surface area contributed by atoms with Crippen molar-refractivity contribution in [2.24, 2.45) is 0 Å². The first kappa shape index (κ1) is 11.2. The van der Waals surface area contributed by atoms with Gasteiger partial charge in [-0.3, -0.25) is 0 Å². The first-order chi connectivity index (χ1) is 7.13. The monoisotopic (exact) mass is 350 g/mol. The van der Waals surface area contributed by atoms with Gasteiger partial charge in [0.2, 0.25) is 0 Å². The lowest BCUT2D eigenvalue weighted by molar-refractivity contribution is 0.435. The highest BCUT2D eigenvalue weighted by Crippen LogP contribution is 2.40. The van der Waals surface area contributed by atoms with Crippen molar-refractivity contribution in [3.8, 4) is 11.3 Å². The molecule has 0 saturated carbocycles. The van der Waals surface area contributed by atoms with Crippen LogP contribution in [0.3, 0.4) is 0 Å². The van der Waals surface area contributed by atoms with E-state index < -0.39 is 0 Å². The average Bonchev–Trinajstić information content (AvgIpc) is 2.69. The van der Waals surface area contributed by atoms with Crippen LogP contribution in [0.2, 0.25) is 0 Å². The number of aromatic nitrogens is 1. The van der Waals surface area contributed by atoms with Gasteiger partial charge in [-0.05, 0) is 44.3 Å². The van der Waals surface area contributed by atoms with Crippen molar-refractivity contribution in [1.29, 1.82) is 0 Å². The molecule has 0 unspecified atom stereocenters. The summed E-state index contributed by atoms with van der Waals surface area (Å²) in [7, 11) is 0. The van der Waals surface area contributed by atoms with Gasteiger partial charge in [0.05, 0.1) is 7.57 Å². The van der Waals surface area contributed by atoms with Crippen molar-refractivity contribution in [3.63, 3.8) is 0 Å². The third kappa shape index (κ3) is 1.98. The molecular weight excluding hydrogens is 344 g/mol. The summed E-state index contributed by atoms with van der Waals surface area (Å²) in [5, 5.41) is 3.79. The molecule has 0 atom stereocenters. The van der Waals surface area contributed by atoms with Gasteiger partial charge in [-0.2, -0.15) is 0 Å². The molecule has 0 aliphatic rings. The number of thiophene rings is 1. The van der Waals surface area contributed by atoms with Crippen molar-refractivity contribution >= 4 is 49.0 Å². The second-order valence-electron chi connectivity index (χ2n) is 2.97. The molecule has 2 heterocycles. The average molecular weight is 352 g/mol. The summed E-state index contributed by atoms with van der Waals surface area (Å²) >= 11 is 8.51. The largest absolute Gasteiger partial charge is 0.381 e. The Kier molecular flexibility index (Phi) is 3.18. The van der Waals surface area contributed by atoms with Crippen LogP contribution < -0.4 is 5.73 Å². The standard InChI is InChI=1S/C9H8Br2N2OS/c1-2-4-7(14-13-9(4)12)5-3-6(10)15-8(5)11/h3H,2H2,1H3,(H2,12,13). The summed E-state index contributed by atoms with van der Waals surface area (Å²) in [4.78, 5) is 0. The Labute approximate surface area is 108 Å².